The average Bonchev–Trinajstić information content (AvgIpc) is 3.34. The summed E-state index contributed by atoms with van der Waals surface area (Å²) in [4.78, 5) is 40.3. The lowest BCUT2D eigenvalue weighted by Crippen LogP contribution is -2.46. The molecular formula is C39H49N5O5. The van der Waals surface area contributed by atoms with Gasteiger partial charge in [-0.3, -0.25) is 14.8 Å². The second-order valence-corrected chi connectivity index (χ2v) is 15.4. The average molecular weight is 668 g/mol. The van der Waals surface area contributed by atoms with Crippen molar-refractivity contribution in [2.45, 2.75) is 99.1 Å². The summed E-state index contributed by atoms with van der Waals surface area (Å²) in [6.07, 6.45) is 3.68. The van der Waals surface area contributed by atoms with Crippen LogP contribution in [0.1, 0.15) is 86.8 Å². The molecule has 6 rings (SSSR count). The van der Waals surface area contributed by atoms with E-state index in [4.69, 9.17) is 19.2 Å². The molecule has 0 N–H and O–H groups in total. The van der Waals surface area contributed by atoms with E-state index >= 15 is 0 Å². The monoisotopic (exact) mass is 667 g/mol. The summed E-state index contributed by atoms with van der Waals surface area (Å²) < 4.78 is 19.1. The molecule has 10 heteroatoms. The Morgan fingerprint density at radius 1 is 0.898 bits per heavy atom. The normalized spacial score (nSPS) is 17.2. The van der Waals surface area contributed by atoms with E-state index in [1.165, 1.54) is 21.3 Å². The molecule has 10 nitrogen and oxygen atoms in total. The highest BCUT2D eigenvalue weighted by Crippen LogP contribution is 2.38. The molecule has 0 bridgehead atoms. The number of ether oxygens (including phenoxy) is 3. The lowest BCUT2D eigenvalue weighted by molar-refractivity contribution is -0.0334. The van der Waals surface area contributed by atoms with Gasteiger partial charge in [0.2, 0.25) is 0 Å². The molecule has 2 aliphatic heterocycles. The molecule has 1 fully saturated rings. The zero-order valence-electron chi connectivity index (χ0n) is 30.3. The van der Waals surface area contributed by atoms with Crippen molar-refractivity contribution >= 4 is 23.2 Å². The van der Waals surface area contributed by atoms with E-state index in [2.05, 4.69) is 40.2 Å². The van der Waals surface area contributed by atoms with Crippen molar-refractivity contribution in [3.63, 3.8) is 0 Å². The fraction of sp³-hybridized carbons (Fsp3) is 0.487. The molecule has 49 heavy (non-hydrogen) atoms. The zero-order chi connectivity index (χ0) is 35.2. The molecular weight excluding hydrogens is 618 g/mol. The van der Waals surface area contributed by atoms with Crippen molar-refractivity contribution in [2.75, 3.05) is 26.3 Å². The Labute approximate surface area is 289 Å². The van der Waals surface area contributed by atoms with Gasteiger partial charge in [-0.15, -0.1) is 0 Å². The first-order valence-corrected chi connectivity index (χ1v) is 17.2. The Balaban J connectivity index is 1.41. The van der Waals surface area contributed by atoms with E-state index in [1.54, 1.807) is 6.20 Å². The Kier molecular flexibility index (Phi) is 9.32. The van der Waals surface area contributed by atoms with Crippen LogP contribution in [0.5, 0.6) is 0 Å². The molecule has 1 saturated heterocycles. The molecule has 1 aromatic carbocycles. The Hall–Kier alpha value is -4.28. The molecule has 1 atom stereocenters. The Morgan fingerprint density at radius 3 is 2.29 bits per heavy atom. The van der Waals surface area contributed by atoms with Crippen LogP contribution in [0.3, 0.4) is 0 Å². The van der Waals surface area contributed by atoms with Gasteiger partial charge >= 0.3 is 12.2 Å². The van der Waals surface area contributed by atoms with Crippen LogP contribution in [0, 0.1) is 20.8 Å². The molecule has 4 aromatic rings. The molecule has 0 saturated carbocycles. The number of hydrogen-bond donors (Lipinski definition) is 0. The molecule has 260 valence electrons. The highest BCUT2D eigenvalue weighted by molar-refractivity contribution is 5.91. The maximum absolute atomic E-state index is 13.6. The SMILES string of the molecule is Cc1cc(CN2CCc3cc(-c4cnc5c(c4)c(C)cn5C(=O)OC(C)(C)C)cc([C@@H]4COCCN4C(=O)OC(C)(C)C)c3C2)cc(C)n1. The third kappa shape index (κ3) is 7.81. The van der Waals surface area contributed by atoms with Gasteiger partial charge in [0.1, 0.15) is 16.8 Å². The van der Waals surface area contributed by atoms with E-state index in [9.17, 15) is 9.59 Å². The van der Waals surface area contributed by atoms with E-state index in [0.29, 0.717) is 25.4 Å². The number of nitrogens with zero attached hydrogens (tertiary/aromatic N) is 5. The van der Waals surface area contributed by atoms with E-state index < -0.39 is 17.3 Å². The van der Waals surface area contributed by atoms with Gasteiger partial charge in [0.05, 0.1) is 19.3 Å². The minimum atomic E-state index is -0.622. The van der Waals surface area contributed by atoms with Gasteiger partial charge in [-0.25, -0.2) is 19.1 Å². The summed E-state index contributed by atoms with van der Waals surface area (Å²) in [6, 6.07) is 10.6. The second kappa shape index (κ2) is 13.2. The number of rotatable bonds is 4. The number of carbonyl (C=O) groups is 2. The van der Waals surface area contributed by atoms with Gasteiger partial charge in [0, 0.05) is 60.9 Å². The molecule has 0 spiro atoms. The van der Waals surface area contributed by atoms with Gasteiger partial charge in [0.25, 0.3) is 0 Å². The lowest BCUT2D eigenvalue weighted by Gasteiger charge is -2.39. The third-order valence-corrected chi connectivity index (χ3v) is 8.88. The number of benzene rings is 1. The number of aromatic nitrogens is 3. The first-order valence-electron chi connectivity index (χ1n) is 17.2. The largest absolute Gasteiger partial charge is 0.444 e. The third-order valence-electron chi connectivity index (χ3n) is 8.88. The number of amides is 1. The standard InChI is InChI=1S/C39H49N5O5/c1-24-20-44(37(46)49-39(7,8)9)35-31(24)18-30(19-40-35)29-16-28-10-11-42(21-27-14-25(2)41-26(3)15-27)22-33(28)32(17-29)34-23-47-13-12-43(34)36(45)48-38(4,5)6/h14-20,34H,10-13,21-23H2,1-9H3/t34-/m0/s1. The predicted molar refractivity (Wildman–Crippen MR) is 190 cm³/mol. The summed E-state index contributed by atoms with van der Waals surface area (Å²) >= 11 is 0. The van der Waals surface area contributed by atoms with Crippen LogP contribution in [0.25, 0.3) is 22.2 Å². The summed E-state index contributed by atoms with van der Waals surface area (Å²) in [5, 5.41) is 0.883. The maximum Gasteiger partial charge on any atom is 0.420 e. The highest BCUT2D eigenvalue weighted by atomic mass is 16.6. The van der Waals surface area contributed by atoms with Crippen molar-refractivity contribution in [1.82, 2.24) is 24.3 Å². The van der Waals surface area contributed by atoms with Crippen LogP contribution < -0.4 is 0 Å². The van der Waals surface area contributed by atoms with Crippen LogP contribution in [-0.2, 0) is 33.7 Å². The highest BCUT2D eigenvalue weighted by Gasteiger charge is 2.35. The van der Waals surface area contributed by atoms with Gasteiger partial charge in [-0.2, -0.15) is 0 Å². The van der Waals surface area contributed by atoms with Crippen molar-refractivity contribution in [1.29, 1.82) is 0 Å². The van der Waals surface area contributed by atoms with Gasteiger partial charge in [-0.05, 0) is 126 Å². The summed E-state index contributed by atoms with van der Waals surface area (Å²) in [5.41, 5.74) is 9.03. The van der Waals surface area contributed by atoms with Crippen LogP contribution in [0.15, 0.2) is 42.7 Å². The fourth-order valence-corrected chi connectivity index (χ4v) is 6.90. The van der Waals surface area contributed by atoms with E-state index in [0.717, 1.165) is 65.1 Å². The Morgan fingerprint density at radius 2 is 1.59 bits per heavy atom. The molecule has 5 heterocycles. The minimum Gasteiger partial charge on any atom is -0.444 e. The first kappa shape index (κ1) is 34.6. The number of hydrogen-bond acceptors (Lipinski definition) is 8. The fourth-order valence-electron chi connectivity index (χ4n) is 6.90. The molecule has 0 radical (unpaired) electrons. The molecule has 1 amide bonds. The van der Waals surface area contributed by atoms with Gasteiger partial charge in [-0.1, -0.05) is 6.07 Å². The van der Waals surface area contributed by atoms with Crippen molar-refractivity contribution in [3.05, 3.63) is 81.9 Å². The number of morpholine rings is 1. The summed E-state index contributed by atoms with van der Waals surface area (Å²) in [6.45, 7) is 21.0. The molecule has 2 aliphatic rings. The second-order valence-electron chi connectivity index (χ2n) is 15.4. The quantitative estimate of drug-likeness (QED) is 0.219. The predicted octanol–water partition coefficient (Wildman–Crippen LogP) is 7.67. The van der Waals surface area contributed by atoms with Crippen LogP contribution in [-0.4, -0.2) is 74.0 Å². The topological polar surface area (TPSA) is 99.0 Å². The molecule has 0 unspecified atom stereocenters. The smallest absolute Gasteiger partial charge is 0.420 e. The minimum absolute atomic E-state index is 0.311. The van der Waals surface area contributed by atoms with Crippen molar-refractivity contribution in [2.24, 2.45) is 0 Å². The van der Waals surface area contributed by atoms with Crippen LogP contribution in [0.4, 0.5) is 9.59 Å². The van der Waals surface area contributed by atoms with E-state index in [-0.39, 0.29) is 12.1 Å². The number of aryl methyl sites for hydroxylation is 3. The van der Waals surface area contributed by atoms with Crippen LogP contribution >= 0.6 is 0 Å². The summed E-state index contributed by atoms with van der Waals surface area (Å²) in [7, 11) is 0. The molecule has 0 aliphatic carbocycles. The van der Waals surface area contributed by atoms with Crippen LogP contribution in [0.2, 0.25) is 0 Å². The summed E-state index contributed by atoms with van der Waals surface area (Å²) in [5.74, 6) is 0. The number of carbonyl (C=O) groups excluding carboxylic acids is 2. The van der Waals surface area contributed by atoms with Crippen molar-refractivity contribution < 1.29 is 23.8 Å². The van der Waals surface area contributed by atoms with Gasteiger partial charge < -0.3 is 14.2 Å². The molecule has 3 aromatic heterocycles. The first-order chi connectivity index (χ1) is 23.0. The Bertz CT molecular complexity index is 1880. The number of fused-ring (bicyclic) bond motifs is 2. The lowest BCUT2D eigenvalue weighted by atomic mass is 9.86. The number of pyridine rings is 2. The zero-order valence-corrected chi connectivity index (χ0v) is 30.3. The maximum atomic E-state index is 13.6. The van der Waals surface area contributed by atoms with Gasteiger partial charge in [0.15, 0.2) is 0 Å². The van der Waals surface area contributed by atoms with Crippen molar-refractivity contribution in [3.8, 4) is 11.1 Å². The van der Waals surface area contributed by atoms with E-state index in [1.807, 2.05) is 73.4 Å².